The van der Waals surface area contributed by atoms with Gasteiger partial charge in [-0.15, -0.1) is 0 Å². The van der Waals surface area contributed by atoms with Crippen LogP contribution in [0, 0.1) is 0 Å². The Morgan fingerprint density at radius 3 is 2.53 bits per heavy atom. The Morgan fingerprint density at radius 2 is 1.84 bits per heavy atom. The first-order chi connectivity index (χ1) is 9.20. The van der Waals surface area contributed by atoms with Crippen molar-refractivity contribution in [1.82, 2.24) is 10.3 Å². The van der Waals surface area contributed by atoms with E-state index in [1.54, 1.807) is 6.20 Å². The van der Waals surface area contributed by atoms with Gasteiger partial charge in [-0.1, -0.05) is 40.2 Å². The number of anilines is 1. The average molecular weight is 320 g/mol. The number of benzene rings is 1. The molecule has 0 amide bonds. The molecule has 3 nitrogen and oxygen atoms in total. The zero-order valence-electron chi connectivity index (χ0n) is 10.9. The monoisotopic (exact) mass is 319 g/mol. The summed E-state index contributed by atoms with van der Waals surface area (Å²) < 4.78 is 1.15. The SMILES string of the molecule is CNC(Cc1ccccc1Br)Cc1cccnc1N. The highest BCUT2D eigenvalue weighted by Gasteiger charge is 2.12. The van der Waals surface area contributed by atoms with E-state index in [4.69, 9.17) is 5.73 Å². The van der Waals surface area contributed by atoms with Crippen molar-refractivity contribution >= 4 is 21.7 Å². The Balaban J connectivity index is 2.09. The molecule has 0 aliphatic rings. The molecular weight excluding hydrogens is 302 g/mol. The molecule has 0 aliphatic heterocycles. The molecule has 2 aromatic rings. The molecule has 1 heterocycles. The molecule has 19 heavy (non-hydrogen) atoms. The molecule has 1 aromatic heterocycles. The molecule has 1 aromatic carbocycles. The van der Waals surface area contributed by atoms with E-state index in [0.717, 1.165) is 22.9 Å². The summed E-state index contributed by atoms with van der Waals surface area (Å²) in [4.78, 5) is 4.13. The molecule has 0 aliphatic carbocycles. The van der Waals surface area contributed by atoms with Crippen LogP contribution in [0.5, 0.6) is 0 Å². The first-order valence-corrected chi connectivity index (χ1v) is 7.10. The van der Waals surface area contributed by atoms with Gasteiger partial charge in [0.05, 0.1) is 0 Å². The van der Waals surface area contributed by atoms with Gasteiger partial charge in [0, 0.05) is 16.7 Å². The van der Waals surface area contributed by atoms with E-state index in [2.05, 4.69) is 44.4 Å². The lowest BCUT2D eigenvalue weighted by atomic mass is 9.99. The van der Waals surface area contributed by atoms with Crippen LogP contribution in [0.3, 0.4) is 0 Å². The molecule has 3 N–H and O–H groups in total. The maximum absolute atomic E-state index is 5.90. The van der Waals surface area contributed by atoms with Crippen LogP contribution >= 0.6 is 15.9 Å². The number of halogens is 1. The first kappa shape index (κ1) is 14.0. The van der Waals surface area contributed by atoms with Crippen LogP contribution in [-0.4, -0.2) is 18.1 Å². The predicted molar refractivity (Wildman–Crippen MR) is 83.0 cm³/mol. The minimum atomic E-state index is 0.338. The van der Waals surface area contributed by atoms with Crippen LogP contribution < -0.4 is 11.1 Å². The summed E-state index contributed by atoms with van der Waals surface area (Å²) in [6, 6.07) is 12.6. The Kier molecular flexibility index (Phi) is 4.93. The zero-order valence-corrected chi connectivity index (χ0v) is 12.5. The average Bonchev–Trinajstić information content (AvgIpc) is 2.42. The molecule has 4 heteroatoms. The van der Waals surface area contributed by atoms with E-state index in [1.807, 2.05) is 25.2 Å². The van der Waals surface area contributed by atoms with Crippen LogP contribution in [0.1, 0.15) is 11.1 Å². The number of hydrogen-bond donors (Lipinski definition) is 2. The van der Waals surface area contributed by atoms with E-state index < -0.39 is 0 Å². The molecule has 0 saturated heterocycles. The Bertz CT molecular complexity index is 495. The van der Waals surface area contributed by atoms with Crippen molar-refractivity contribution in [3.8, 4) is 0 Å². The van der Waals surface area contributed by atoms with Gasteiger partial charge in [-0.25, -0.2) is 4.98 Å². The van der Waals surface area contributed by atoms with Gasteiger partial charge in [0.15, 0.2) is 0 Å². The second kappa shape index (κ2) is 6.68. The van der Waals surface area contributed by atoms with Crippen molar-refractivity contribution < 1.29 is 0 Å². The minimum absolute atomic E-state index is 0.338. The molecule has 0 fully saturated rings. The number of nitrogens with two attached hydrogens (primary N) is 1. The molecule has 100 valence electrons. The summed E-state index contributed by atoms with van der Waals surface area (Å²) >= 11 is 3.59. The van der Waals surface area contributed by atoms with E-state index in [9.17, 15) is 0 Å². The summed E-state index contributed by atoms with van der Waals surface area (Å²) in [7, 11) is 1.98. The lowest BCUT2D eigenvalue weighted by Crippen LogP contribution is -2.30. The summed E-state index contributed by atoms with van der Waals surface area (Å²) in [6.07, 6.45) is 3.55. The fourth-order valence-electron chi connectivity index (χ4n) is 2.09. The van der Waals surface area contributed by atoms with Crippen molar-refractivity contribution in [2.24, 2.45) is 0 Å². The van der Waals surface area contributed by atoms with Crippen molar-refractivity contribution in [1.29, 1.82) is 0 Å². The highest BCUT2D eigenvalue weighted by molar-refractivity contribution is 9.10. The number of nitrogen functional groups attached to an aromatic ring is 1. The number of rotatable bonds is 5. The smallest absolute Gasteiger partial charge is 0.126 e. The minimum Gasteiger partial charge on any atom is -0.383 e. The van der Waals surface area contributed by atoms with E-state index in [0.29, 0.717) is 11.9 Å². The number of likely N-dealkylation sites (N-methyl/N-ethyl adjacent to an activating group) is 1. The third kappa shape index (κ3) is 3.78. The van der Waals surface area contributed by atoms with Crippen LogP contribution in [0.2, 0.25) is 0 Å². The molecule has 1 unspecified atom stereocenters. The molecule has 0 saturated carbocycles. The maximum atomic E-state index is 5.90. The Labute approximate surface area is 122 Å². The number of pyridine rings is 1. The fraction of sp³-hybridized carbons (Fsp3) is 0.267. The van der Waals surface area contributed by atoms with Crippen LogP contribution in [0.4, 0.5) is 5.82 Å². The summed E-state index contributed by atoms with van der Waals surface area (Å²) in [6.45, 7) is 0. The summed E-state index contributed by atoms with van der Waals surface area (Å²) in [5.74, 6) is 0.620. The maximum Gasteiger partial charge on any atom is 0.126 e. The normalized spacial score (nSPS) is 12.3. The molecule has 0 bridgehead atoms. The van der Waals surface area contributed by atoms with Crippen LogP contribution in [0.15, 0.2) is 47.1 Å². The first-order valence-electron chi connectivity index (χ1n) is 6.30. The van der Waals surface area contributed by atoms with E-state index in [1.165, 1.54) is 5.56 Å². The zero-order chi connectivity index (χ0) is 13.7. The number of nitrogens with zero attached hydrogens (tertiary/aromatic N) is 1. The lowest BCUT2D eigenvalue weighted by Gasteiger charge is -2.17. The third-order valence-corrected chi connectivity index (χ3v) is 4.00. The molecule has 0 spiro atoms. The number of aromatic nitrogens is 1. The van der Waals surface area contributed by atoms with Crippen LogP contribution in [0.25, 0.3) is 0 Å². The van der Waals surface area contributed by atoms with Gasteiger partial charge in [0.2, 0.25) is 0 Å². The number of nitrogens with one attached hydrogen (secondary N) is 1. The van der Waals surface area contributed by atoms with Gasteiger partial charge >= 0.3 is 0 Å². The van der Waals surface area contributed by atoms with Gasteiger partial charge < -0.3 is 11.1 Å². The number of hydrogen-bond acceptors (Lipinski definition) is 3. The highest BCUT2D eigenvalue weighted by Crippen LogP contribution is 2.19. The van der Waals surface area contributed by atoms with Crippen molar-refractivity contribution in [2.45, 2.75) is 18.9 Å². The van der Waals surface area contributed by atoms with Crippen LogP contribution in [-0.2, 0) is 12.8 Å². The molecule has 2 rings (SSSR count). The largest absolute Gasteiger partial charge is 0.383 e. The molecular formula is C15H18BrN3. The summed E-state index contributed by atoms with van der Waals surface area (Å²) in [5.41, 5.74) is 8.29. The van der Waals surface area contributed by atoms with Crippen molar-refractivity contribution in [3.63, 3.8) is 0 Å². The van der Waals surface area contributed by atoms with Crippen molar-refractivity contribution in [2.75, 3.05) is 12.8 Å². The summed E-state index contributed by atoms with van der Waals surface area (Å²) in [5, 5.41) is 3.35. The van der Waals surface area contributed by atoms with Gasteiger partial charge in [-0.2, -0.15) is 0 Å². The Morgan fingerprint density at radius 1 is 1.16 bits per heavy atom. The topological polar surface area (TPSA) is 50.9 Å². The second-order valence-corrected chi connectivity index (χ2v) is 5.39. The van der Waals surface area contributed by atoms with Crippen molar-refractivity contribution in [3.05, 3.63) is 58.2 Å². The van der Waals surface area contributed by atoms with Gasteiger partial charge in [0.25, 0.3) is 0 Å². The second-order valence-electron chi connectivity index (χ2n) is 4.53. The highest BCUT2D eigenvalue weighted by atomic mass is 79.9. The third-order valence-electron chi connectivity index (χ3n) is 3.22. The molecule has 0 radical (unpaired) electrons. The fourth-order valence-corrected chi connectivity index (χ4v) is 2.54. The van der Waals surface area contributed by atoms with E-state index in [-0.39, 0.29) is 0 Å². The van der Waals surface area contributed by atoms with Gasteiger partial charge in [-0.05, 0) is 43.1 Å². The predicted octanol–water partition coefficient (Wildman–Crippen LogP) is 2.80. The quantitative estimate of drug-likeness (QED) is 0.891. The van der Waals surface area contributed by atoms with Gasteiger partial charge in [-0.3, -0.25) is 0 Å². The van der Waals surface area contributed by atoms with E-state index >= 15 is 0 Å². The lowest BCUT2D eigenvalue weighted by molar-refractivity contribution is 0.555. The molecule has 1 atom stereocenters. The van der Waals surface area contributed by atoms with Gasteiger partial charge in [0.1, 0.15) is 5.82 Å². The standard InChI is InChI=1S/C15H18BrN3/c1-18-13(9-11-5-2-3-7-14(11)16)10-12-6-4-8-19-15(12)17/h2-8,13,18H,9-10H2,1H3,(H2,17,19). The Hall–Kier alpha value is -1.39.